The molecule has 0 aliphatic carbocycles. The molecule has 0 aliphatic heterocycles. The smallest absolute Gasteiger partial charge is 0.308 e. The van der Waals surface area contributed by atoms with E-state index in [-0.39, 0.29) is 25.5 Å². The Bertz CT molecular complexity index is 762. The monoisotopic (exact) mass is 356 g/mol. The highest BCUT2D eigenvalue weighted by Crippen LogP contribution is 2.16. The maximum absolute atomic E-state index is 12.1. The first kappa shape index (κ1) is 19.0. The van der Waals surface area contributed by atoms with E-state index in [4.69, 9.17) is 9.47 Å². The molecule has 136 valence electrons. The lowest BCUT2D eigenvalue weighted by Gasteiger charge is -2.09. The number of ether oxygens (including phenoxy) is 2. The minimum Gasteiger partial charge on any atom is -0.496 e. The number of anilines is 1. The topological polar surface area (TPSA) is 93.7 Å². The zero-order valence-corrected chi connectivity index (χ0v) is 14.4. The van der Waals surface area contributed by atoms with Gasteiger partial charge < -0.3 is 20.1 Å². The maximum atomic E-state index is 12.1. The minimum absolute atomic E-state index is 0.0422. The van der Waals surface area contributed by atoms with Gasteiger partial charge in [-0.3, -0.25) is 14.4 Å². The molecule has 0 unspecified atom stereocenters. The molecule has 0 aliphatic rings. The van der Waals surface area contributed by atoms with Crippen LogP contribution in [0, 0.1) is 0 Å². The maximum Gasteiger partial charge on any atom is 0.308 e. The summed E-state index contributed by atoms with van der Waals surface area (Å²) in [4.78, 5) is 35.4. The van der Waals surface area contributed by atoms with Gasteiger partial charge in [-0.1, -0.05) is 30.3 Å². The summed E-state index contributed by atoms with van der Waals surface area (Å²) in [6.45, 7) is -0.287. The van der Waals surface area contributed by atoms with Crippen LogP contribution in [0.15, 0.2) is 54.6 Å². The minimum atomic E-state index is -0.575. The van der Waals surface area contributed by atoms with Crippen LogP contribution in [0.3, 0.4) is 0 Å². The Kier molecular flexibility index (Phi) is 7.17. The highest BCUT2D eigenvalue weighted by molar-refractivity contribution is 5.97. The molecule has 2 amide bonds. The van der Waals surface area contributed by atoms with Crippen molar-refractivity contribution < 1.29 is 23.9 Å². The first-order valence-electron chi connectivity index (χ1n) is 8.02. The van der Waals surface area contributed by atoms with Gasteiger partial charge >= 0.3 is 5.97 Å². The molecular formula is C19H20N2O5. The second-order valence-electron chi connectivity index (χ2n) is 5.28. The number of carbonyl (C=O) groups excluding carboxylic acids is 3. The number of hydrogen-bond donors (Lipinski definition) is 2. The van der Waals surface area contributed by atoms with Crippen molar-refractivity contribution in [3.8, 4) is 5.75 Å². The molecule has 0 aromatic heterocycles. The highest BCUT2D eigenvalue weighted by Gasteiger charge is 2.12. The number of methoxy groups -OCH3 is 1. The molecule has 0 atom stereocenters. The van der Waals surface area contributed by atoms with Crippen molar-refractivity contribution in [3.63, 3.8) is 0 Å². The van der Waals surface area contributed by atoms with E-state index in [0.29, 0.717) is 17.0 Å². The van der Waals surface area contributed by atoms with Gasteiger partial charge in [-0.2, -0.15) is 0 Å². The number of nitrogens with one attached hydrogen (secondary N) is 2. The Labute approximate surface area is 151 Å². The van der Waals surface area contributed by atoms with Crippen LogP contribution in [-0.2, 0) is 14.3 Å². The van der Waals surface area contributed by atoms with Crippen LogP contribution in [0.5, 0.6) is 5.75 Å². The van der Waals surface area contributed by atoms with Crippen LogP contribution in [-0.4, -0.2) is 38.0 Å². The first-order chi connectivity index (χ1) is 12.6. The Morgan fingerprint density at radius 3 is 2.38 bits per heavy atom. The zero-order chi connectivity index (χ0) is 18.8. The summed E-state index contributed by atoms with van der Waals surface area (Å²) in [5, 5.41) is 5.22. The average Bonchev–Trinajstić information content (AvgIpc) is 2.67. The zero-order valence-electron chi connectivity index (χ0n) is 14.4. The molecule has 7 nitrogen and oxygen atoms in total. The SMILES string of the molecule is COc1ccccc1C(=O)NCCC(=O)OCC(=O)Nc1ccccc1. The molecule has 2 aromatic carbocycles. The van der Waals surface area contributed by atoms with E-state index < -0.39 is 11.9 Å². The van der Waals surface area contributed by atoms with Crippen LogP contribution in [0.25, 0.3) is 0 Å². The van der Waals surface area contributed by atoms with Gasteiger partial charge in [0.2, 0.25) is 0 Å². The second kappa shape index (κ2) is 9.83. The molecule has 0 fully saturated rings. The molecule has 0 spiro atoms. The average molecular weight is 356 g/mol. The number of rotatable bonds is 8. The third-order valence-corrected chi connectivity index (χ3v) is 3.39. The summed E-state index contributed by atoms with van der Waals surface area (Å²) in [7, 11) is 1.48. The second-order valence-corrected chi connectivity index (χ2v) is 5.28. The molecule has 2 N–H and O–H groups in total. The van der Waals surface area contributed by atoms with E-state index >= 15 is 0 Å². The van der Waals surface area contributed by atoms with Crippen molar-refractivity contribution in [2.75, 3.05) is 25.6 Å². The van der Waals surface area contributed by atoms with Crippen LogP contribution < -0.4 is 15.4 Å². The summed E-state index contributed by atoms with van der Waals surface area (Å²) in [6.07, 6.45) is -0.0422. The largest absolute Gasteiger partial charge is 0.496 e. The van der Waals surface area contributed by atoms with Crippen molar-refractivity contribution in [1.29, 1.82) is 0 Å². The molecule has 26 heavy (non-hydrogen) atoms. The van der Waals surface area contributed by atoms with Crippen molar-refractivity contribution in [2.24, 2.45) is 0 Å². The van der Waals surface area contributed by atoms with Gasteiger partial charge in [0.05, 0.1) is 19.1 Å². The number of esters is 1. The number of carbonyl (C=O) groups is 3. The van der Waals surface area contributed by atoms with Gasteiger partial charge in [0.25, 0.3) is 11.8 Å². The third kappa shape index (κ3) is 5.94. The van der Waals surface area contributed by atoms with Crippen molar-refractivity contribution in [2.45, 2.75) is 6.42 Å². The first-order valence-corrected chi connectivity index (χ1v) is 8.02. The van der Waals surface area contributed by atoms with Gasteiger partial charge in [0.15, 0.2) is 6.61 Å². The van der Waals surface area contributed by atoms with Crippen LogP contribution in [0.2, 0.25) is 0 Å². The van der Waals surface area contributed by atoms with Gasteiger partial charge in [-0.15, -0.1) is 0 Å². The van der Waals surface area contributed by atoms with Gasteiger partial charge in [0, 0.05) is 12.2 Å². The van der Waals surface area contributed by atoms with Crippen LogP contribution >= 0.6 is 0 Å². The fourth-order valence-electron chi connectivity index (χ4n) is 2.14. The third-order valence-electron chi connectivity index (χ3n) is 3.39. The van der Waals surface area contributed by atoms with Crippen molar-refractivity contribution in [3.05, 3.63) is 60.2 Å². The lowest BCUT2D eigenvalue weighted by atomic mass is 10.2. The predicted molar refractivity (Wildman–Crippen MR) is 96.0 cm³/mol. The summed E-state index contributed by atoms with van der Waals surface area (Å²) >= 11 is 0. The van der Waals surface area contributed by atoms with Gasteiger partial charge in [-0.25, -0.2) is 0 Å². The van der Waals surface area contributed by atoms with Gasteiger partial charge in [-0.05, 0) is 24.3 Å². The highest BCUT2D eigenvalue weighted by atomic mass is 16.5. The van der Waals surface area contributed by atoms with Crippen LogP contribution in [0.4, 0.5) is 5.69 Å². The Morgan fingerprint density at radius 1 is 0.962 bits per heavy atom. The summed E-state index contributed by atoms with van der Waals surface area (Å²) in [5.74, 6) is -0.904. The standard InChI is InChI=1S/C19H20N2O5/c1-25-16-10-6-5-9-15(16)19(24)20-12-11-18(23)26-13-17(22)21-14-7-3-2-4-8-14/h2-10H,11-13H2,1H3,(H,20,24)(H,21,22). The van der Waals surface area contributed by atoms with E-state index in [0.717, 1.165) is 0 Å². The Morgan fingerprint density at radius 2 is 1.65 bits per heavy atom. The van der Waals surface area contributed by atoms with Crippen LogP contribution in [0.1, 0.15) is 16.8 Å². The fourth-order valence-corrected chi connectivity index (χ4v) is 2.14. The summed E-state index contributed by atoms with van der Waals surface area (Å²) < 4.78 is 9.99. The molecule has 0 radical (unpaired) electrons. The number of benzene rings is 2. The van der Waals surface area contributed by atoms with E-state index in [1.165, 1.54) is 7.11 Å². The van der Waals surface area contributed by atoms with E-state index in [1.807, 2.05) is 6.07 Å². The quantitative estimate of drug-likeness (QED) is 0.706. The normalized spacial score (nSPS) is 9.88. The number of para-hydroxylation sites is 2. The lowest BCUT2D eigenvalue weighted by Crippen LogP contribution is -2.28. The van der Waals surface area contributed by atoms with E-state index in [2.05, 4.69) is 10.6 Å². The van der Waals surface area contributed by atoms with Crippen molar-refractivity contribution >= 4 is 23.5 Å². The molecule has 2 rings (SSSR count). The molecule has 0 saturated heterocycles. The molecular weight excluding hydrogens is 336 g/mol. The molecule has 2 aromatic rings. The predicted octanol–water partition coefficient (Wildman–Crippen LogP) is 2.00. The number of amides is 2. The Hall–Kier alpha value is -3.35. The lowest BCUT2D eigenvalue weighted by molar-refractivity contribution is -0.147. The van der Waals surface area contributed by atoms with Gasteiger partial charge in [0.1, 0.15) is 5.75 Å². The van der Waals surface area contributed by atoms with Crippen molar-refractivity contribution in [1.82, 2.24) is 5.32 Å². The summed E-state index contributed by atoms with van der Waals surface area (Å²) in [6, 6.07) is 15.6. The van der Waals surface area contributed by atoms with E-state index in [9.17, 15) is 14.4 Å². The molecule has 0 saturated carbocycles. The number of hydrogen-bond acceptors (Lipinski definition) is 5. The molecule has 7 heteroatoms. The molecule has 0 heterocycles. The fraction of sp³-hybridized carbons (Fsp3) is 0.211. The Balaban J connectivity index is 1.68. The summed E-state index contributed by atoms with van der Waals surface area (Å²) in [5.41, 5.74) is 1.00. The van der Waals surface area contributed by atoms with E-state index in [1.54, 1.807) is 48.5 Å². The molecule has 0 bridgehead atoms.